The number of halogens is 3. The molecule has 0 aliphatic carbocycles. The zero-order valence-electron chi connectivity index (χ0n) is 11.3. The molecule has 3 N–H and O–H groups in total. The van der Waals surface area contributed by atoms with E-state index in [0.29, 0.717) is 0 Å². The molecule has 0 unspecified atom stereocenters. The van der Waals surface area contributed by atoms with Gasteiger partial charge in [0.15, 0.2) is 0 Å². The minimum absolute atomic E-state index is 0.199. The van der Waals surface area contributed by atoms with Crippen LogP contribution in [0.4, 0.5) is 30.5 Å². The highest BCUT2D eigenvalue weighted by Crippen LogP contribution is 2.32. The molecule has 2 aromatic rings. The topological polar surface area (TPSA) is 111 Å². The van der Waals surface area contributed by atoms with E-state index in [4.69, 9.17) is 5.73 Å². The van der Waals surface area contributed by atoms with Crippen LogP contribution in [-0.4, -0.2) is 15.8 Å². The largest absolute Gasteiger partial charge is 0.417 e. The van der Waals surface area contributed by atoms with E-state index < -0.39 is 39.6 Å². The molecule has 0 aliphatic rings. The number of carbonyl (C=O) groups is 1. The SMILES string of the molecule is Nc1nc(NC(=O)c2ccccc2C(F)(F)F)ccc1[N+](=O)[O-]. The highest BCUT2D eigenvalue weighted by Gasteiger charge is 2.34. The first-order valence-corrected chi connectivity index (χ1v) is 6.08. The zero-order valence-corrected chi connectivity index (χ0v) is 11.3. The molecule has 120 valence electrons. The second-order valence-corrected chi connectivity index (χ2v) is 4.36. The summed E-state index contributed by atoms with van der Waals surface area (Å²) in [5.74, 6) is -1.72. The van der Waals surface area contributed by atoms with Crippen LogP contribution in [0.3, 0.4) is 0 Å². The van der Waals surface area contributed by atoms with Gasteiger partial charge in [0.2, 0.25) is 5.82 Å². The number of nitrogen functional groups attached to an aromatic ring is 1. The summed E-state index contributed by atoms with van der Waals surface area (Å²) in [6.07, 6.45) is -4.70. The number of benzene rings is 1. The summed E-state index contributed by atoms with van der Waals surface area (Å²) in [5, 5.41) is 12.7. The van der Waals surface area contributed by atoms with E-state index in [2.05, 4.69) is 10.3 Å². The van der Waals surface area contributed by atoms with Crippen molar-refractivity contribution in [3.05, 3.63) is 57.6 Å². The van der Waals surface area contributed by atoms with E-state index in [1.54, 1.807) is 0 Å². The van der Waals surface area contributed by atoms with Gasteiger partial charge < -0.3 is 11.1 Å². The smallest absolute Gasteiger partial charge is 0.378 e. The zero-order chi connectivity index (χ0) is 17.2. The Hall–Kier alpha value is -3.17. The number of rotatable bonds is 3. The molecule has 0 aliphatic heterocycles. The predicted molar refractivity (Wildman–Crippen MR) is 74.7 cm³/mol. The number of nitrogens with two attached hydrogens (primary N) is 1. The fraction of sp³-hybridized carbons (Fsp3) is 0.0769. The summed E-state index contributed by atoms with van der Waals surface area (Å²) in [6.45, 7) is 0. The lowest BCUT2D eigenvalue weighted by atomic mass is 10.1. The molecule has 1 aromatic carbocycles. The number of nitrogens with one attached hydrogen (secondary N) is 1. The molecule has 7 nitrogen and oxygen atoms in total. The third-order valence-corrected chi connectivity index (χ3v) is 2.82. The minimum atomic E-state index is -4.70. The summed E-state index contributed by atoms with van der Waals surface area (Å²) in [7, 11) is 0. The van der Waals surface area contributed by atoms with Crippen molar-refractivity contribution in [1.29, 1.82) is 0 Å². The molecule has 0 spiro atoms. The van der Waals surface area contributed by atoms with Crippen LogP contribution in [0, 0.1) is 10.1 Å². The van der Waals surface area contributed by atoms with Crippen molar-refractivity contribution < 1.29 is 22.9 Å². The molecule has 0 bridgehead atoms. The first-order valence-electron chi connectivity index (χ1n) is 6.08. The number of nitrogens with zero attached hydrogens (tertiary/aromatic N) is 2. The predicted octanol–water partition coefficient (Wildman–Crippen LogP) is 2.84. The van der Waals surface area contributed by atoms with Gasteiger partial charge in [0, 0.05) is 6.07 Å². The molecule has 0 radical (unpaired) electrons. The lowest BCUT2D eigenvalue weighted by Gasteiger charge is -2.12. The average Bonchev–Trinajstić information content (AvgIpc) is 2.46. The number of alkyl halides is 3. The maximum Gasteiger partial charge on any atom is 0.417 e. The van der Waals surface area contributed by atoms with Crippen molar-refractivity contribution in [2.45, 2.75) is 6.18 Å². The molecule has 0 atom stereocenters. The van der Waals surface area contributed by atoms with Crippen molar-refractivity contribution in [2.75, 3.05) is 11.1 Å². The van der Waals surface area contributed by atoms with Crippen molar-refractivity contribution in [2.24, 2.45) is 0 Å². The van der Waals surface area contributed by atoms with Gasteiger partial charge in [-0.1, -0.05) is 12.1 Å². The van der Waals surface area contributed by atoms with Gasteiger partial charge in [0.25, 0.3) is 5.91 Å². The molecule has 2 rings (SSSR count). The van der Waals surface area contributed by atoms with Gasteiger partial charge in [0.05, 0.1) is 16.1 Å². The van der Waals surface area contributed by atoms with Crippen LogP contribution in [-0.2, 0) is 6.18 Å². The Labute approximate surface area is 127 Å². The average molecular weight is 326 g/mol. The first kappa shape index (κ1) is 16.2. The Kier molecular flexibility index (Phi) is 4.16. The van der Waals surface area contributed by atoms with E-state index in [1.165, 1.54) is 6.07 Å². The molecule has 1 amide bonds. The molecule has 0 saturated carbocycles. The third kappa shape index (κ3) is 3.54. The van der Waals surface area contributed by atoms with Gasteiger partial charge >= 0.3 is 11.9 Å². The molecule has 23 heavy (non-hydrogen) atoms. The maximum atomic E-state index is 12.9. The van der Waals surface area contributed by atoms with Crippen molar-refractivity contribution in [3.63, 3.8) is 0 Å². The Morgan fingerprint density at radius 1 is 1.22 bits per heavy atom. The van der Waals surface area contributed by atoms with Crippen molar-refractivity contribution in [3.8, 4) is 0 Å². The maximum absolute atomic E-state index is 12.9. The second kappa shape index (κ2) is 5.91. The Morgan fingerprint density at radius 3 is 2.43 bits per heavy atom. The molecular formula is C13H9F3N4O3. The van der Waals surface area contributed by atoms with Crippen molar-refractivity contribution >= 4 is 23.2 Å². The number of anilines is 2. The van der Waals surface area contributed by atoms with Crippen LogP contribution < -0.4 is 11.1 Å². The van der Waals surface area contributed by atoms with E-state index >= 15 is 0 Å². The highest BCUT2D eigenvalue weighted by molar-refractivity contribution is 6.05. The van der Waals surface area contributed by atoms with Gasteiger partial charge in [-0.15, -0.1) is 0 Å². The Morgan fingerprint density at radius 2 is 1.87 bits per heavy atom. The Bertz CT molecular complexity index is 777. The standard InChI is InChI=1S/C13H9F3N4O3/c14-13(15,16)8-4-2-1-3-7(8)12(21)19-10-6-5-9(20(22)23)11(17)18-10/h1-6H,(H3,17,18,19,21). The number of aromatic nitrogens is 1. The summed E-state index contributed by atoms with van der Waals surface area (Å²) in [5.41, 5.74) is 3.18. The number of hydrogen-bond acceptors (Lipinski definition) is 5. The third-order valence-electron chi connectivity index (χ3n) is 2.82. The van der Waals surface area contributed by atoms with Crippen LogP contribution in [0.2, 0.25) is 0 Å². The van der Waals surface area contributed by atoms with Crippen molar-refractivity contribution in [1.82, 2.24) is 4.98 Å². The van der Waals surface area contributed by atoms with Gasteiger partial charge in [-0.3, -0.25) is 14.9 Å². The first-order chi connectivity index (χ1) is 10.7. The monoisotopic (exact) mass is 326 g/mol. The summed E-state index contributed by atoms with van der Waals surface area (Å²) in [4.78, 5) is 25.4. The summed E-state index contributed by atoms with van der Waals surface area (Å²) >= 11 is 0. The van der Waals surface area contributed by atoms with Crippen LogP contribution in [0.15, 0.2) is 36.4 Å². The lowest BCUT2D eigenvalue weighted by Crippen LogP contribution is -2.19. The van der Waals surface area contributed by atoms with Gasteiger partial charge in [-0.2, -0.15) is 13.2 Å². The van der Waals surface area contributed by atoms with E-state index in [1.807, 2.05) is 0 Å². The fourth-order valence-corrected chi connectivity index (χ4v) is 1.80. The normalized spacial score (nSPS) is 11.1. The van der Waals surface area contributed by atoms with E-state index in [-0.39, 0.29) is 5.82 Å². The van der Waals surface area contributed by atoms with E-state index in [9.17, 15) is 28.1 Å². The van der Waals surface area contributed by atoms with E-state index in [0.717, 1.165) is 30.3 Å². The quantitative estimate of drug-likeness (QED) is 0.665. The second-order valence-electron chi connectivity index (χ2n) is 4.36. The lowest BCUT2D eigenvalue weighted by molar-refractivity contribution is -0.384. The Balaban J connectivity index is 2.30. The number of pyridine rings is 1. The van der Waals surface area contributed by atoms with Crippen LogP contribution in [0.5, 0.6) is 0 Å². The number of hydrogen-bond donors (Lipinski definition) is 2. The molecule has 1 aromatic heterocycles. The molecule has 0 saturated heterocycles. The summed E-state index contributed by atoms with van der Waals surface area (Å²) < 4.78 is 38.6. The molecular weight excluding hydrogens is 317 g/mol. The van der Waals surface area contributed by atoms with Gasteiger partial charge in [-0.05, 0) is 18.2 Å². The molecule has 10 heteroatoms. The molecule has 1 heterocycles. The van der Waals surface area contributed by atoms with Crippen LogP contribution >= 0.6 is 0 Å². The van der Waals surface area contributed by atoms with Crippen LogP contribution in [0.1, 0.15) is 15.9 Å². The number of amides is 1. The van der Waals surface area contributed by atoms with Gasteiger partial charge in [0.1, 0.15) is 5.82 Å². The summed E-state index contributed by atoms with van der Waals surface area (Å²) in [6, 6.07) is 6.28. The fourth-order valence-electron chi connectivity index (χ4n) is 1.80. The number of carbonyl (C=O) groups excluding carboxylic acids is 1. The van der Waals surface area contributed by atoms with Gasteiger partial charge in [-0.25, -0.2) is 4.98 Å². The number of nitro groups is 1. The van der Waals surface area contributed by atoms with Crippen LogP contribution in [0.25, 0.3) is 0 Å². The minimum Gasteiger partial charge on any atom is -0.378 e. The molecule has 0 fully saturated rings. The highest BCUT2D eigenvalue weighted by atomic mass is 19.4.